The highest BCUT2D eigenvalue weighted by atomic mass is 14.8. The second-order valence-electron chi connectivity index (χ2n) is 16.1. The molecule has 61 heavy (non-hydrogen) atoms. The first-order valence-corrected chi connectivity index (χ1v) is 21.0. The van der Waals surface area contributed by atoms with Crippen LogP contribution in [0.5, 0.6) is 0 Å². The van der Waals surface area contributed by atoms with E-state index in [1.165, 1.54) is 104 Å². The molecule has 1 heterocycles. The molecule has 2 heteroatoms. The van der Waals surface area contributed by atoms with E-state index in [1.807, 2.05) is 30.6 Å². The van der Waals surface area contributed by atoms with Gasteiger partial charge >= 0.3 is 0 Å². The van der Waals surface area contributed by atoms with Gasteiger partial charge in [-0.25, -0.2) is 4.98 Å². The minimum absolute atomic E-state index is 0.856. The molecule has 0 saturated heterocycles. The fraction of sp³-hybridized carbons (Fsp3) is 0.0169. The van der Waals surface area contributed by atoms with E-state index in [2.05, 4.69) is 194 Å². The molecule has 0 radical (unpaired) electrons. The molecule has 0 spiro atoms. The van der Waals surface area contributed by atoms with Crippen molar-refractivity contribution < 1.29 is 0 Å². The zero-order valence-electron chi connectivity index (χ0n) is 33.6. The zero-order chi connectivity index (χ0) is 40.4. The average Bonchev–Trinajstić information content (AvgIpc) is 3.33. The Balaban J connectivity index is 1.02. The van der Waals surface area contributed by atoms with Gasteiger partial charge in [-0.15, -0.1) is 0 Å². The zero-order valence-corrected chi connectivity index (χ0v) is 33.6. The lowest BCUT2D eigenvalue weighted by Gasteiger charge is -2.19. The summed E-state index contributed by atoms with van der Waals surface area (Å²) in [5.74, 6) is 0. The van der Waals surface area contributed by atoms with Gasteiger partial charge in [-0.3, -0.25) is 4.98 Å². The lowest BCUT2D eigenvalue weighted by molar-refractivity contribution is 1.21. The van der Waals surface area contributed by atoms with E-state index in [0.29, 0.717) is 0 Å². The van der Waals surface area contributed by atoms with Gasteiger partial charge in [-0.1, -0.05) is 194 Å². The first-order chi connectivity index (χ1) is 30.2. The van der Waals surface area contributed by atoms with Crippen LogP contribution in [-0.4, -0.2) is 9.97 Å². The molecule has 0 atom stereocenters. The number of nitrogens with zero attached hydrogens (tertiary/aromatic N) is 2. The van der Waals surface area contributed by atoms with Gasteiger partial charge in [0.25, 0.3) is 0 Å². The number of benzene rings is 11. The van der Waals surface area contributed by atoms with Crippen LogP contribution in [0, 0.1) is 6.92 Å². The third-order valence-electron chi connectivity index (χ3n) is 12.6. The topological polar surface area (TPSA) is 25.8 Å². The maximum atomic E-state index is 4.98. The van der Waals surface area contributed by atoms with Crippen LogP contribution >= 0.6 is 0 Å². The summed E-state index contributed by atoms with van der Waals surface area (Å²) in [5, 5.41) is 15.1. The molecule has 0 aliphatic heterocycles. The summed E-state index contributed by atoms with van der Waals surface area (Å²) in [7, 11) is 0. The standard InChI is InChI=1S/C59H38N2/c1-37-12-9-15-40-28-29-42-17-11-23-52(59(42)55(37)40)51-22-10-16-41-30-31-44-34-45(32-33-46(44)56(41)51)58-49-20-7-5-18-47(49)57(48-19-6-8-21-50(48)58)43-26-24-39(25-27-43)54-36-60-35-53(61-54)38-13-3-2-4-14-38/h2-36H,1H3. The molecular weight excluding hydrogens is 737 g/mol. The minimum Gasteiger partial charge on any atom is -0.260 e. The minimum atomic E-state index is 0.856. The van der Waals surface area contributed by atoms with Crippen LogP contribution in [0.3, 0.4) is 0 Å². The summed E-state index contributed by atoms with van der Waals surface area (Å²) in [6.07, 6.45) is 3.68. The van der Waals surface area contributed by atoms with Crippen LogP contribution in [0.1, 0.15) is 5.56 Å². The summed E-state index contributed by atoms with van der Waals surface area (Å²) in [5.41, 5.74) is 12.5. The molecule has 0 amide bonds. The second-order valence-corrected chi connectivity index (χ2v) is 16.1. The highest BCUT2D eigenvalue weighted by molar-refractivity contribution is 6.24. The van der Waals surface area contributed by atoms with E-state index in [4.69, 9.17) is 4.98 Å². The monoisotopic (exact) mass is 774 g/mol. The van der Waals surface area contributed by atoms with E-state index in [9.17, 15) is 0 Å². The Morgan fingerprint density at radius 1 is 0.311 bits per heavy atom. The molecule has 11 aromatic carbocycles. The van der Waals surface area contributed by atoms with Gasteiger partial charge in [-0.05, 0) is 117 Å². The van der Waals surface area contributed by atoms with Crippen LogP contribution in [0.15, 0.2) is 213 Å². The molecule has 12 aromatic rings. The Morgan fingerprint density at radius 3 is 1.43 bits per heavy atom. The predicted molar refractivity (Wildman–Crippen MR) is 259 cm³/mol. The van der Waals surface area contributed by atoms with Crippen molar-refractivity contribution in [3.63, 3.8) is 0 Å². The first kappa shape index (κ1) is 35.0. The number of hydrogen-bond donors (Lipinski definition) is 0. The highest BCUT2D eigenvalue weighted by Gasteiger charge is 2.19. The number of aromatic nitrogens is 2. The van der Waals surface area contributed by atoms with Crippen LogP contribution in [0.4, 0.5) is 0 Å². The molecule has 0 N–H and O–H groups in total. The lowest BCUT2D eigenvalue weighted by atomic mass is 9.84. The van der Waals surface area contributed by atoms with Crippen molar-refractivity contribution in [1.82, 2.24) is 9.97 Å². The Hall–Kier alpha value is -7.94. The summed E-state index contributed by atoms with van der Waals surface area (Å²) < 4.78 is 0. The molecule has 2 nitrogen and oxygen atoms in total. The van der Waals surface area contributed by atoms with E-state index in [0.717, 1.165) is 22.5 Å². The van der Waals surface area contributed by atoms with Gasteiger partial charge < -0.3 is 0 Å². The third-order valence-corrected chi connectivity index (χ3v) is 12.6. The third kappa shape index (κ3) is 5.72. The van der Waals surface area contributed by atoms with Crippen molar-refractivity contribution in [2.45, 2.75) is 6.92 Å². The largest absolute Gasteiger partial charge is 0.260 e. The van der Waals surface area contributed by atoms with Crippen LogP contribution < -0.4 is 0 Å². The van der Waals surface area contributed by atoms with Crippen molar-refractivity contribution in [1.29, 1.82) is 0 Å². The normalized spacial score (nSPS) is 11.7. The summed E-state index contributed by atoms with van der Waals surface area (Å²) in [4.78, 5) is 9.53. The SMILES string of the molecule is Cc1cccc2ccc3cccc(-c4cccc5ccc6cc(-c7c8ccccc8c(-c8ccc(-c9cncc(-c%10ccccc%10)n9)cc8)c8ccccc78)ccc6c45)c3c12. The molecule has 0 aliphatic rings. The van der Waals surface area contributed by atoms with E-state index >= 15 is 0 Å². The maximum absolute atomic E-state index is 4.98. The van der Waals surface area contributed by atoms with Crippen LogP contribution in [0.2, 0.25) is 0 Å². The molecule has 0 saturated carbocycles. The van der Waals surface area contributed by atoms with E-state index in [-0.39, 0.29) is 0 Å². The van der Waals surface area contributed by atoms with Crippen molar-refractivity contribution >= 4 is 64.6 Å². The fourth-order valence-corrected chi connectivity index (χ4v) is 9.87. The van der Waals surface area contributed by atoms with Crippen molar-refractivity contribution in [2.75, 3.05) is 0 Å². The Bertz CT molecular complexity index is 3640. The Kier molecular flexibility index (Phi) is 8.11. The van der Waals surface area contributed by atoms with E-state index in [1.54, 1.807) is 0 Å². The van der Waals surface area contributed by atoms with Gasteiger partial charge in [0.15, 0.2) is 0 Å². The number of hydrogen-bond acceptors (Lipinski definition) is 2. The number of rotatable bonds is 5. The van der Waals surface area contributed by atoms with Crippen molar-refractivity contribution in [3.8, 4) is 55.9 Å². The predicted octanol–water partition coefficient (Wildman–Crippen LogP) is 16.0. The molecule has 0 aliphatic carbocycles. The molecule has 284 valence electrons. The van der Waals surface area contributed by atoms with Gasteiger partial charge in [0.1, 0.15) is 0 Å². The molecular formula is C59H38N2. The van der Waals surface area contributed by atoms with Gasteiger partial charge in [-0.2, -0.15) is 0 Å². The summed E-state index contributed by atoms with van der Waals surface area (Å²) >= 11 is 0. The molecule has 0 fully saturated rings. The van der Waals surface area contributed by atoms with E-state index < -0.39 is 0 Å². The Labute approximate surface area is 354 Å². The molecule has 0 bridgehead atoms. The van der Waals surface area contributed by atoms with Crippen molar-refractivity contribution in [3.05, 3.63) is 218 Å². The smallest absolute Gasteiger partial charge is 0.0892 e. The fourth-order valence-electron chi connectivity index (χ4n) is 9.87. The molecule has 1 aromatic heterocycles. The van der Waals surface area contributed by atoms with Gasteiger partial charge in [0.2, 0.25) is 0 Å². The number of aryl methyl sites for hydroxylation is 1. The molecule has 12 rings (SSSR count). The Morgan fingerprint density at radius 2 is 0.787 bits per heavy atom. The van der Waals surface area contributed by atoms with Gasteiger partial charge in [0, 0.05) is 11.1 Å². The summed E-state index contributed by atoms with van der Waals surface area (Å²) in [6.45, 7) is 2.23. The second kappa shape index (κ2) is 14.1. The highest BCUT2D eigenvalue weighted by Crippen LogP contribution is 2.46. The first-order valence-electron chi connectivity index (χ1n) is 21.0. The van der Waals surface area contributed by atoms with Crippen LogP contribution in [0.25, 0.3) is 121 Å². The van der Waals surface area contributed by atoms with Crippen LogP contribution in [-0.2, 0) is 0 Å². The molecule has 0 unspecified atom stereocenters. The average molecular weight is 775 g/mol. The maximum Gasteiger partial charge on any atom is 0.0892 e. The summed E-state index contributed by atoms with van der Waals surface area (Å²) in [6, 6.07) is 73.2. The quantitative estimate of drug-likeness (QED) is 0.129. The lowest BCUT2D eigenvalue weighted by Crippen LogP contribution is -1.92. The number of fused-ring (bicyclic) bond motifs is 8. The van der Waals surface area contributed by atoms with Crippen molar-refractivity contribution in [2.24, 2.45) is 0 Å². The van der Waals surface area contributed by atoms with Gasteiger partial charge in [0.05, 0.1) is 23.8 Å².